The number of anilines is 1. The maximum absolute atomic E-state index is 12.9. The Kier molecular flexibility index (Phi) is 11.9. The molecule has 4 heterocycles. The van der Waals surface area contributed by atoms with Crippen molar-refractivity contribution >= 4 is 59.7 Å². The topological polar surface area (TPSA) is 120 Å². The highest BCUT2D eigenvalue weighted by Crippen LogP contribution is 2.29. The number of likely N-dealkylation sites (tertiary alicyclic amines) is 1. The van der Waals surface area contributed by atoms with Gasteiger partial charge in [-0.2, -0.15) is 13.2 Å². The number of nitrogens with one attached hydrogen (secondary N) is 1. The van der Waals surface area contributed by atoms with Gasteiger partial charge in [-0.3, -0.25) is 14.6 Å². The molecule has 0 aliphatic carbocycles. The van der Waals surface area contributed by atoms with Crippen molar-refractivity contribution in [2.24, 2.45) is 4.99 Å². The van der Waals surface area contributed by atoms with Crippen LogP contribution in [-0.4, -0.2) is 107 Å². The molecule has 0 aromatic carbocycles. The molecular weight excluding hydrogens is 607 g/mol. The van der Waals surface area contributed by atoms with Crippen molar-refractivity contribution in [2.45, 2.75) is 46.0 Å². The summed E-state index contributed by atoms with van der Waals surface area (Å²) in [5.41, 5.74) is 3.04. The number of thioether (sulfide) groups is 1. The second-order valence-corrected chi connectivity index (χ2v) is 11.9. The molecule has 2 aliphatic rings. The highest BCUT2D eigenvalue weighted by molar-refractivity contribution is 8.02. The van der Waals surface area contributed by atoms with Crippen molar-refractivity contribution in [3.8, 4) is 0 Å². The number of aromatic nitrogens is 2. The number of aliphatic imine (C=N–C) groups is 1. The van der Waals surface area contributed by atoms with Crippen molar-refractivity contribution in [1.29, 1.82) is 0 Å². The number of nitrogens with zero attached hydrogens (tertiary/aromatic N) is 6. The monoisotopic (exact) mass is 641 g/mol. The van der Waals surface area contributed by atoms with Crippen LogP contribution in [0, 0.1) is 20.8 Å². The zero-order chi connectivity index (χ0) is 31.7. The molecule has 0 bridgehead atoms. The maximum Gasteiger partial charge on any atom is 0.410 e. The van der Waals surface area contributed by atoms with E-state index in [1.54, 1.807) is 23.1 Å². The Balaban J connectivity index is 0.000000236. The molecule has 234 valence electrons. The molecule has 1 atom stereocenters. The van der Waals surface area contributed by atoms with Crippen LogP contribution in [0.4, 0.5) is 23.8 Å². The van der Waals surface area contributed by atoms with E-state index in [4.69, 9.17) is 4.74 Å². The van der Waals surface area contributed by atoms with E-state index in [0.717, 1.165) is 43.4 Å². The number of rotatable bonds is 8. The molecule has 11 nitrogen and oxygen atoms in total. The predicted octanol–water partition coefficient (Wildman–Crippen LogP) is 4.32. The third-order valence-electron chi connectivity index (χ3n) is 6.50. The standard InChI is InChI=1S/C15H18N4S2.C12H16F3N3O4/c1-10-5-6-14(17-7-10)18-9-20-8-13(16-4)15-11(2)19-12(3)21-15;1-8(20)18-4-9(5-18)22-11(21)16-2-3-17(7-19)10(6-16)12(13,14)15/h5-8H,4,9H2,1-3H3,(H,17,18);7,9-10H,2-6H2,1H3/b13-8-;. The Morgan fingerprint density at radius 2 is 1.93 bits per heavy atom. The fraction of sp³-hybridized carbons (Fsp3) is 0.481. The molecule has 2 saturated heterocycles. The predicted molar refractivity (Wildman–Crippen MR) is 161 cm³/mol. The van der Waals surface area contributed by atoms with E-state index in [1.807, 2.05) is 44.5 Å². The third-order valence-corrected chi connectivity index (χ3v) is 8.30. The van der Waals surface area contributed by atoms with Crippen LogP contribution in [0.3, 0.4) is 0 Å². The molecule has 1 N–H and O–H groups in total. The van der Waals surface area contributed by atoms with E-state index < -0.39 is 31.0 Å². The van der Waals surface area contributed by atoms with Crippen LogP contribution in [0.2, 0.25) is 0 Å². The summed E-state index contributed by atoms with van der Waals surface area (Å²) in [5.74, 6) is 1.45. The summed E-state index contributed by atoms with van der Waals surface area (Å²) >= 11 is 3.27. The molecule has 0 saturated carbocycles. The van der Waals surface area contributed by atoms with Crippen LogP contribution in [0.1, 0.15) is 28.1 Å². The lowest BCUT2D eigenvalue weighted by molar-refractivity contribution is -0.195. The number of hydrogen-bond acceptors (Lipinski definition) is 10. The fourth-order valence-corrected chi connectivity index (χ4v) is 5.75. The smallest absolute Gasteiger partial charge is 0.410 e. The van der Waals surface area contributed by atoms with Crippen molar-refractivity contribution in [3.05, 3.63) is 44.9 Å². The highest BCUT2D eigenvalue weighted by Gasteiger charge is 2.47. The second kappa shape index (κ2) is 15.2. The zero-order valence-corrected chi connectivity index (χ0v) is 25.9. The van der Waals surface area contributed by atoms with E-state index in [-0.39, 0.29) is 38.5 Å². The molecule has 0 radical (unpaired) electrons. The van der Waals surface area contributed by atoms with Gasteiger partial charge in [0.2, 0.25) is 12.3 Å². The van der Waals surface area contributed by atoms with Gasteiger partial charge >= 0.3 is 12.3 Å². The molecule has 16 heteroatoms. The number of pyridine rings is 1. The SMILES string of the molecule is C=N/C(=C\SCNc1ccc(C)cn1)c1sc(C)nc1C.CC(=O)N1CC(OC(=O)N2CCN(C=O)C(C(F)(F)F)C2)C1. The Bertz CT molecular complexity index is 1310. The first kappa shape index (κ1) is 33.8. The normalized spacial score (nSPS) is 17.4. The van der Waals surface area contributed by atoms with Gasteiger partial charge in [0.15, 0.2) is 0 Å². The first-order chi connectivity index (χ1) is 20.3. The van der Waals surface area contributed by atoms with Crippen LogP contribution in [0.15, 0.2) is 28.7 Å². The Morgan fingerprint density at radius 1 is 1.21 bits per heavy atom. The number of amides is 3. The minimum atomic E-state index is -4.61. The number of thiazole rings is 1. The number of halogens is 3. The summed E-state index contributed by atoms with van der Waals surface area (Å²) in [7, 11) is 0. The lowest BCUT2D eigenvalue weighted by Gasteiger charge is -2.42. The molecule has 3 amide bonds. The lowest BCUT2D eigenvalue weighted by atomic mass is 10.1. The van der Waals surface area contributed by atoms with Crippen molar-refractivity contribution in [1.82, 2.24) is 24.7 Å². The van der Waals surface area contributed by atoms with Crippen LogP contribution in [0.25, 0.3) is 5.70 Å². The largest absolute Gasteiger partial charge is 0.442 e. The van der Waals surface area contributed by atoms with E-state index in [1.165, 1.54) is 11.8 Å². The van der Waals surface area contributed by atoms with Crippen molar-refractivity contribution in [2.75, 3.05) is 43.9 Å². The van der Waals surface area contributed by atoms with Crippen molar-refractivity contribution < 1.29 is 32.3 Å². The fourth-order valence-electron chi connectivity index (χ4n) is 4.11. The first-order valence-electron chi connectivity index (χ1n) is 13.2. The van der Waals surface area contributed by atoms with Crippen LogP contribution in [0.5, 0.6) is 0 Å². The molecule has 2 aromatic rings. The van der Waals surface area contributed by atoms with Gasteiger partial charge < -0.3 is 24.8 Å². The van der Waals surface area contributed by atoms with Gasteiger partial charge in [0, 0.05) is 26.2 Å². The van der Waals surface area contributed by atoms with E-state index in [2.05, 4.69) is 27.0 Å². The maximum atomic E-state index is 12.9. The minimum Gasteiger partial charge on any atom is -0.442 e. The summed E-state index contributed by atoms with van der Waals surface area (Å²) in [5, 5.41) is 6.31. The van der Waals surface area contributed by atoms with Crippen LogP contribution in [-0.2, 0) is 14.3 Å². The van der Waals surface area contributed by atoms with Crippen molar-refractivity contribution in [3.63, 3.8) is 0 Å². The van der Waals surface area contributed by atoms with Gasteiger partial charge in [-0.1, -0.05) is 6.07 Å². The molecule has 2 aliphatic heterocycles. The van der Waals surface area contributed by atoms with Gasteiger partial charge in [0.25, 0.3) is 0 Å². The van der Waals surface area contributed by atoms with Gasteiger partial charge in [0.1, 0.15) is 18.0 Å². The quantitative estimate of drug-likeness (QED) is 0.196. The summed E-state index contributed by atoms with van der Waals surface area (Å²) < 4.78 is 43.7. The van der Waals surface area contributed by atoms with Gasteiger partial charge in [0.05, 0.1) is 46.8 Å². The average molecular weight is 642 g/mol. The number of ether oxygens (including phenoxy) is 1. The number of alkyl halides is 3. The second-order valence-electron chi connectivity index (χ2n) is 9.79. The van der Waals surface area contributed by atoms with Crippen LogP contribution < -0.4 is 5.32 Å². The number of carbonyl (C=O) groups excluding carboxylic acids is 3. The summed E-state index contributed by atoms with van der Waals surface area (Å²) in [6.45, 7) is 10.7. The molecule has 43 heavy (non-hydrogen) atoms. The Hall–Kier alpha value is -3.66. The molecule has 0 spiro atoms. The number of piperazine rings is 1. The number of aryl methyl sites for hydroxylation is 3. The molecule has 2 fully saturated rings. The Morgan fingerprint density at radius 3 is 2.47 bits per heavy atom. The average Bonchev–Trinajstić information content (AvgIpc) is 3.27. The van der Waals surface area contributed by atoms with Gasteiger partial charge in [-0.25, -0.2) is 14.8 Å². The van der Waals surface area contributed by atoms with Crippen LogP contribution >= 0.6 is 23.1 Å². The number of hydrogen-bond donors (Lipinski definition) is 1. The molecule has 2 aromatic heterocycles. The van der Waals surface area contributed by atoms with E-state index in [0.29, 0.717) is 4.90 Å². The molecular formula is C27H34F3N7O4S2. The molecule has 1 unspecified atom stereocenters. The zero-order valence-electron chi connectivity index (χ0n) is 24.3. The lowest BCUT2D eigenvalue weighted by Crippen LogP contribution is -2.61. The van der Waals surface area contributed by atoms with Gasteiger partial charge in [-0.05, 0) is 44.5 Å². The highest BCUT2D eigenvalue weighted by atomic mass is 32.2. The summed E-state index contributed by atoms with van der Waals surface area (Å²) in [4.78, 5) is 50.5. The minimum absolute atomic E-state index is 0.0205. The number of carbonyl (C=O) groups is 3. The summed E-state index contributed by atoms with van der Waals surface area (Å²) in [6, 6.07) is 1.99. The van der Waals surface area contributed by atoms with E-state index >= 15 is 0 Å². The molecule has 4 rings (SSSR count). The Labute approximate surface area is 256 Å². The first-order valence-corrected chi connectivity index (χ1v) is 15.1. The van der Waals surface area contributed by atoms with Gasteiger partial charge in [-0.15, -0.1) is 23.1 Å². The van der Waals surface area contributed by atoms with E-state index in [9.17, 15) is 27.6 Å². The summed E-state index contributed by atoms with van der Waals surface area (Å²) in [6.07, 6.45) is -3.97. The third kappa shape index (κ3) is 9.68.